The molecule has 2 nitrogen and oxygen atoms in total. The quantitative estimate of drug-likeness (QED) is 0.224. The third kappa shape index (κ3) is 3.15. The average Bonchev–Trinajstić information content (AvgIpc) is 3.28. The van der Waals surface area contributed by atoms with Crippen molar-refractivity contribution < 1.29 is 0 Å². The maximum atomic E-state index is 3.57. The fourth-order valence-corrected chi connectivity index (χ4v) is 4.89. The summed E-state index contributed by atoms with van der Waals surface area (Å²) >= 11 is 10.7. The molecule has 28 heavy (non-hydrogen) atoms. The van der Waals surface area contributed by atoms with Crippen LogP contribution in [0.25, 0.3) is 21.8 Å². The third-order valence-corrected chi connectivity index (χ3v) is 6.69. The molecule has 0 saturated heterocycles. The molecule has 0 spiro atoms. The van der Waals surface area contributed by atoms with Crippen molar-refractivity contribution in [3.8, 4) is 0 Å². The van der Waals surface area contributed by atoms with Crippen molar-refractivity contribution in [1.29, 1.82) is 0 Å². The molecule has 5 rings (SSSR count). The van der Waals surface area contributed by atoms with Crippen LogP contribution in [0.2, 0.25) is 0 Å². The Hall–Kier alpha value is -1.82. The highest BCUT2D eigenvalue weighted by Crippen LogP contribution is 2.40. The van der Waals surface area contributed by atoms with Gasteiger partial charge in [-0.1, -0.05) is 72.1 Å². The minimum atomic E-state index is 0.123. The van der Waals surface area contributed by atoms with Gasteiger partial charge in [0.1, 0.15) is 0 Å². The molecular weight excluding hydrogens is 544 g/mol. The smallest absolute Gasteiger partial charge is 0.0468 e. The number of benzene rings is 3. The van der Waals surface area contributed by atoms with E-state index in [0.29, 0.717) is 0 Å². The van der Waals surface area contributed by atoms with Gasteiger partial charge in [0.25, 0.3) is 0 Å². The summed E-state index contributed by atoms with van der Waals surface area (Å²) in [4.78, 5) is 6.91. The molecule has 0 atom stereocenters. The molecule has 0 unspecified atom stereocenters. The van der Waals surface area contributed by atoms with Crippen LogP contribution >= 0.6 is 47.8 Å². The molecule has 0 aliphatic rings. The molecule has 2 heterocycles. The van der Waals surface area contributed by atoms with Crippen LogP contribution in [-0.2, 0) is 0 Å². The largest absolute Gasteiger partial charge is 0.361 e. The zero-order valence-electron chi connectivity index (χ0n) is 14.6. The normalized spacial score (nSPS) is 11.7. The SMILES string of the molecule is Brc1ccc(C(c2c[nH]c3cc(Br)ccc23)c2c[nH]c3cc(Br)ccc23)cc1. The molecular formula is C23H15Br3N2. The topological polar surface area (TPSA) is 31.6 Å². The van der Waals surface area contributed by atoms with E-state index in [0.717, 1.165) is 24.5 Å². The Balaban J connectivity index is 1.78. The molecule has 0 aliphatic carbocycles. The summed E-state index contributed by atoms with van der Waals surface area (Å²) in [7, 11) is 0. The second-order valence-electron chi connectivity index (χ2n) is 6.85. The Kier molecular flexibility index (Phi) is 4.69. The number of hydrogen-bond donors (Lipinski definition) is 2. The Bertz CT molecular complexity index is 1220. The van der Waals surface area contributed by atoms with Crippen molar-refractivity contribution in [3.05, 3.63) is 103 Å². The first kappa shape index (κ1) is 18.2. The number of aromatic amines is 2. The number of aromatic nitrogens is 2. The fraction of sp³-hybridized carbons (Fsp3) is 0.0435. The van der Waals surface area contributed by atoms with E-state index in [2.05, 4.69) is 131 Å². The van der Waals surface area contributed by atoms with Crippen molar-refractivity contribution >= 4 is 69.6 Å². The lowest BCUT2D eigenvalue weighted by molar-refractivity contribution is 0.997. The van der Waals surface area contributed by atoms with E-state index in [4.69, 9.17) is 0 Å². The average molecular weight is 559 g/mol. The maximum absolute atomic E-state index is 3.57. The number of halogens is 3. The molecule has 0 radical (unpaired) electrons. The minimum Gasteiger partial charge on any atom is -0.361 e. The van der Waals surface area contributed by atoms with E-state index >= 15 is 0 Å². The van der Waals surface area contributed by atoms with Crippen LogP contribution < -0.4 is 0 Å². The van der Waals surface area contributed by atoms with Crippen LogP contribution in [0.5, 0.6) is 0 Å². The molecule has 0 amide bonds. The minimum absolute atomic E-state index is 0.123. The molecule has 0 saturated carbocycles. The maximum Gasteiger partial charge on any atom is 0.0468 e. The Morgan fingerprint density at radius 2 is 1.04 bits per heavy atom. The van der Waals surface area contributed by atoms with E-state index in [1.165, 1.54) is 27.5 Å². The molecule has 0 bridgehead atoms. The molecule has 0 aliphatic heterocycles. The van der Waals surface area contributed by atoms with E-state index in [9.17, 15) is 0 Å². The summed E-state index contributed by atoms with van der Waals surface area (Å²) in [5.74, 6) is 0.123. The molecule has 2 N–H and O–H groups in total. The van der Waals surface area contributed by atoms with Gasteiger partial charge >= 0.3 is 0 Å². The van der Waals surface area contributed by atoms with E-state index < -0.39 is 0 Å². The highest BCUT2D eigenvalue weighted by atomic mass is 79.9. The van der Waals surface area contributed by atoms with Gasteiger partial charge in [0.2, 0.25) is 0 Å². The molecule has 5 heteroatoms. The number of hydrogen-bond acceptors (Lipinski definition) is 0. The second-order valence-corrected chi connectivity index (χ2v) is 9.60. The summed E-state index contributed by atoms with van der Waals surface area (Å²) in [6, 6.07) is 21.4. The van der Waals surface area contributed by atoms with Crippen LogP contribution in [0.3, 0.4) is 0 Å². The zero-order chi connectivity index (χ0) is 19.3. The number of fused-ring (bicyclic) bond motifs is 2. The first-order valence-corrected chi connectivity index (χ1v) is 11.3. The highest BCUT2D eigenvalue weighted by molar-refractivity contribution is 9.11. The van der Waals surface area contributed by atoms with E-state index in [1.807, 2.05) is 0 Å². The second kappa shape index (κ2) is 7.21. The van der Waals surface area contributed by atoms with Crippen molar-refractivity contribution in [2.75, 3.05) is 0 Å². The fourth-order valence-electron chi connectivity index (χ4n) is 3.90. The van der Waals surface area contributed by atoms with Gasteiger partial charge in [0, 0.05) is 53.5 Å². The lowest BCUT2D eigenvalue weighted by Crippen LogP contribution is -2.02. The number of rotatable bonds is 3. The molecule has 2 aromatic heterocycles. The first-order valence-electron chi connectivity index (χ1n) is 8.89. The predicted octanol–water partition coefficient (Wildman–Crippen LogP) is 8.12. The Morgan fingerprint density at radius 1 is 0.571 bits per heavy atom. The predicted molar refractivity (Wildman–Crippen MR) is 127 cm³/mol. The van der Waals surface area contributed by atoms with E-state index in [-0.39, 0.29) is 5.92 Å². The summed E-state index contributed by atoms with van der Waals surface area (Å²) in [6.07, 6.45) is 4.28. The van der Waals surface area contributed by atoms with Crippen LogP contribution in [0, 0.1) is 0 Å². The van der Waals surface area contributed by atoms with Crippen molar-refractivity contribution in [1.82, 2.24) is 9.97 Å². The molecule has 0 fully saturated rings. The lowest BCUT2D eigenvalue weighted by Gasteiger charge is -2.17. The Morgan fingerprint density at radius 3 is 1.54 bits per heavy atom. The Labute approximate surface area is 187 Å². The van der Waals surface area contributed by atoms with Crippen LogP contribution in [0.15, 0.2) is 86.5 Å². The summed E-state index contributed by atoms with van der Waals surface area (Å²) in [5, 5.41) is 2.48. The van der Waals surface area contributed by atoms with Gasteiger partial charge in [-0.2, -0.15) is 0 Å². The summed E-state index contributed by atoms with van der Waals surface area (Å²) < 4.78 is 3.23. The van der Waals surface area contributed by atoms with Gasteiger partial charge in [-0.05, 0) is 53.1 Å². The van der Waals surface area contributed by atoms with Gasteiger partial charge < -0.3 is 9.97 Å². The third-order valence-electron chi connectivity index (χ3n) is 5.18. The highest BCUT2D eigenvalue weighted by Gasteiger charge is 2.23. The van der Waals surface area contributed by atoms with Gasteiger partial charge in [0.05, 0.1) is 0 Å². The number of nitrogens with one attached hydrogen (secondary N) is 2. The van der Waals surface area contributed by atoms with Crippen LogP contribution in [0.1, 0.15) is 22.6 Å². The lowest BCUT2D eigenvalue weighted by atomic mass is 9.85. The van der Waals surface area contributed by atoms with Crippen LogP contribution in [0.4, 0.5) is 0 Å². The molecule has 3 aromatic carbocycles. The number of H-pyrrole nitrogens is 2. The van der Waals surface area contributed by atoms with Gasteiger partial charge in [-0.25, -0.2) is 0 Å². The first-order chi connectivity index (χ1) is 13.6. The van der Waals surface area contributed by atoms with Crippen molar-refractivity contribution in [2.24, 2.45) is 0 Å². The summed E-state index contributed by atoms with van der Waals surface area (Å²) in [6.45, 7) is 0. The summed E-state index contributed by atoms with van der Waals surface area (Å²) in [5.41, 5.74) is 6.07. The molecule has 5 aromatic rings. The molecule has 138 valence electrons. The van der Waals surface area contributed by atoms with Crippen LogP contribution in [-0.4, -0.2) is 9.97 Å². The van der Waals surface area contributed by atoms with Gasteiger partial charge in [-0.15, -0.1) is 0 Å². The van der Waals surface area contributed by atoms with Gasteiger partial charge in [0.15, 0.2) is 0 Å². The van der Waals surface area contributed by atoms with Crippen molar-refractivity contribution in [2.45, 2.75) is 5.92 Å². The van der Waals surface area contributed by atoms with Crippen molar-refractivity contribution in [3.63, 3.8) is 0 Å². The zero-order valence-corrected chi connectivity index (χ0v) is 19.4. The standard InChI is InChI=1S/C23H15Br3N2/c24-14-3-1-13(2-4-14)23(19-11-27-21-9-15(25)5-7-17(19)21)20-12-28-22-10-16(26)6-8-18(20)22/h1-12,23,27-28H. The van der Waals surface area contributed by atoms with Gasteiger partial charge in [-0.3, -0.25) is 0 Å². The van der Waals surface area contributed by atoms with E-state index in [1.54, 1.807) is 0 Å². The monoisotopic (exact) mass is 556 g/mol.